The summed E-state index contributed by atoms with van der Waals surface area (Å²) < 4.78 is 0. The maximum absolute atomic E-state index is 12.6. The molecule has 3 aromatic rings. The number of nitrogens with zero attached hydrogens (tertiary/aromatic N) is 3. The van der Waals surface area contributed by atoms with Gasteiger partial charge in [-0.1, -0.05) is 47.7 Å². The van der Waals surface area contributed by atoms with E-state index in [2.05, 4.69) is 56.8 Å². The van der Waals surface area contributed by atoms with Gasteiger partial charge in [-0.2, -0.15) is 0 Å². The van der Waals surface area contributed by atoms with Crippen molar-refractivity contribution in [2.24, 2.45) is 5.92 Å². The number of rotatable bonds is 6. The van der Waals surface area contributed by atoms with E-state index in [0.717, 1.165) is 36.7 Å². The average molecular weight is 411 g/mol. The third-order valence-electron chi connectivity index (χ3n) is 4.79. The number of aromatic nitrogens is 2. The van der Waals surface area contributed by atoms with Crippen LogP contribution < -0.4 is 10.2 Å². The Kier molecular flexibility index (Phi) is 6.24. The van der Waals surface area contributed by atoms with Gasteiger partial charge in [-0.15, -0.1) is 22.0 Å². The normalized spacial score (nSPS) is 14.8. The molecule has 0 bridgehead atoms. The SMILES string of the molecule is O=C(Nc1nnc(CSc2ccccc2)s1)C1CCN(c2ccccc2)CC1. The lowest BCUT2D eigenvalue weighted by Crippen LogP contribution is -2.38. The standard InChI is InChI=1S/C21H22N4OS2/c26-20(16-11-13-25(14-12-16)17-7-3-1-4-8-17)22-21-24-23-19(28-21)15-27-18-9-5-2-6-10-18/h1-10,16H,11-15H2,(H,22,24,26). The molecule has 0 unspecified atom stereocenters. The minimum Gasteiger partial charge on any atom is -0.371 e. The second kappa shape index (κ2) is 9.21. The summed E-state index contributed by atoms with van der Waals surface area (Å²) in [4.78, 5) is 16.1. The number of piperidine rings is 1. The third kappa shape index (κ3) is 4.91. The summed E-state index contributed by atoms with van der Waals surface area (Å²) in [5.74, 6) is 0.852. The van der Waals surface area contributed by atoms with Gasteiger partial charge >= 0.3 is 0 Å². The van der Waals surface area contributed by atoms with Crippen LogP contribution in [0.4, 0.5) is 10.8 Å². The van der Waals surface area contributed by atoms with Gasteiger partial charge in [0.25, 0.3) is 0 Å². The third-order valence-corrected chi connectivity index (χ3v) is 6.83. The Morgan fingerprint density at radius 2 is 1.71 bits per heavy atom. The molecular weight excluding hydrogens is 388 g/mol. The monoisotopic (exact) mass is 410 g/mol. The van der Waals surface area contributed by atoms with Crippen molar-refractivity contribution in [3.8, 4) is 0 Å². The van der Waals surface area contributed by atoms with E-state index in [1.807, 2.05) is 24.3 Å². The minimum absolute atomic E-state index is 0.0333. The number of carbonyl (C=O) groups is 1. The van der Waals surface area contributed by atoms with Crippen molar-refractivity contribution in [3.05, 3.63) is 65.7 Å². The number of carbonyl (C=O) groups excluding carboxylic acids is 1. The summed E-state index contributed by atoms with van der Waals surface area (Å²) in [5, 5.41) is 12.8. The lowest BCUT2D eigenvalue weighted by atomic mass is 9.95. The van der Waals surface area contributed by atoms with Gasteiger partial charge in [0.2, 0.25) is 11.0 Å². The van der Waals surface area contributed by atoms with Crippen LogP contribution in [0.15, 0.2) is 65.6 Å². The van der Waals surface area contributed by atoms with Gasteiger partial charge < -0.3 is 10.2 Å². The fourth-order valence-corrected chi connectivity index (χ4v) is 4.92. The molecule has 1 fully saturated rings. The topological polar surface area (TPSA) is 58.1 Å². The first-order valence-corrected chi connectivity index (χ1v) is 11.2. The highest BCUT2D eigenvalue weighted by Gasteiger charge is 2.25. The number of thioether (sulfide) groups is 1. The van der Waals surface area contributed by atoms with E-state index in [4.69, 9.17) is 0 Å². The number of nitrogens with one attached hydrogen (secondary N) is 1. The molecule has 144 valence electrons. The van der Waals surface area contributed by atoms with Crippen molar-refractivity contribution in [2.45, 2.75) is 23.5 Å². The average Bonchev–Trinajstić information content (AvgIpc) is 3.21. The molecule has 1 amide bonds. The molecule has 7 heteroatoms. The molecule has 0 atom stereocenters. The Morgan fingerprint density at radius 1 is 1.04 bits per heavy atom. The van der Waals surface area contributed by atoms with E-state index in [1.54, 1.807) is 11.8 Å². The Morgan fingerprint density at radius 3 is 2.43 bits per heavy atom. The molecule has 5 nitrogen and oxygen atoms in total. The van der Waals surface area contributed by atoms with Crippen LogP contribution in [0.5, 0.6) is 0 Å². The number of amides is 1. The number of para-hydroxylation sites is 1. The summed E-state index contributed by atoms with van der Waals surface area (Å²) in [6, 6.07) is 20.6. The zero-order chi connectivity index (χ0) is 19.2. The van der Waals surface area contributed by atoms with Crippen LogP contribution >= 0.6 is 23.1 Å². The van der Waals surface area contributed by atoms with Gasteiger partial charge in [0.05, 0.1) is 5.75 Å². The smallest absolute Gasteiger partial charge is 0.229 e. The fraction of sp³-hybridized carbons (Fsp3) is 0.286. The highest BCUT2D eigenvalue weighted by Crippen LogP contribution is 2.27. The predicted octanol–water partition coefficient (Wildman–Crippen LogP) is 4.69. The fourth-order valence-electron chi connectivity index (χ4n) is 3.27. The van der Waals surface area contributed by atoms with Crippen LogP contribution in [0.1, 0.15) is 17.8 Å². The summed E-state index contributed by atoms with van der Waals surface area (Å²) in [6.45, 7) is 1.80. The maximum Gasteiger partial charge on any atom is 0.229 e. The van der Waals surface area contributed by atoms with Crippen molar-refractivity contribution < 1.29 is 4.79 Å². The van der Waals surface area contributed by atoms with Crippen LogP contribution in [-0.4, -0.2) is 29.2 Å². The molecule has 28 heavy (non-hydrogen) atoms. The van der Waals surface area contributed by atoms with Gasteiger partial charge in [0, 0.05) is 29.6 Å². The van der Waals surface area contributed by atoms with Crippen molar-refractivity contribution in [3.63, 3.8) is 0 Å². The minimum atomic E-state index is 0.0333. The Balaban J connectivity index is 1.26. The number of benzene rings is 2. The van der Waals surface area contributed by atoms with Gasteiger partial charge in [-0.25, -0.2) is 0 Å². The van der Waals surface area contributed by atoms with E-state index in [0.29, 0.717) is 5.13 Å². The van der Waals surface area contributed by atoms with E-state index < -0.39 is 0 Å². The van der Waals surface area contributed by atoms with Gasteiger partial charge in [-0.3, -0.25) is 4.79 Å². The number of hydrogen-bond acceptors (Lipinski definition) is 6. The van der Waals surface area contributed by atoms with Crippen LogP contribution in [0.2, 0.25) is 0 Å². The second-order valence-electron chi connectivity index (χ2n) is 6.69. The first-order chi connectivity index (χ1) is 13.8. The van der Waals surface area contributed by atoms with Crippen LogP contribution in [0.3, 0.4) is 0 Å². The zero-order valence-electron chi connectivity index (χ0n) is 15.5. The summed E-state index contributed by atoms with van der Waals surface area (Å²) in [6.07, 6.45) is 1.71. The Bertz CT molecular complexity index is 893. The Hall–Kier alpha value is -2.38. The van der Waals surface area contributed by atoms with Crippen LogP contribution in [-0.2, 0) is 10.5 Å². The highest BCUT2D eigenvalue weighted by molar-refractivity contribution is 7.98. The van der Waals surface area contributed by atoms with E-state index in [-0.39, 0.29) is 11.8 Å². The largest absolute Gasteiger partial charge is 0.371 e. The first kappa shape index (κ1) is 19.0. The molecule has 1 saturated heterocycles. The predicted molar refractivity (Wildman–Crippen MR) is 116 cm³/mol. The molecule has 2 heterocycles. The molecule has 0 radical (unpaired) electrons. The number of anilines is 2. The van der Waals surface area contributed by atoms with Gasteiger partial charge in [-0.05, 0) is 37.1 Å². The zero-order valence-corrected chi connectivity index (χ0v) is 17.1. The van der Waals surface area contributed by atoms with Crippen molar-refractivity contribution in [1.29, 1.82) is 0 Å². The molecular formula is C21H22N4OS2. The van der Waals surface area contributed by atoms with E-state index in [9.17, 15) is 4.79 Å². The molecule has 1 N–H and O–H groups in total. The lowest BCUT2D eigenvalue weighted by Gasteiger charge is -2.32. The molecule has 0 aliphatic carbocycles. The first-order valence-electron chi connectivity index (χ1n) is 9.39. The van der Waals surface area contributed by atoms with Crippen molar-refractivity contribution >= 4 is 39.8 Å². The van der Waals surface area contributed by atoms with Gasteiger partial charge in [0.15, 0.2) is 0 Å². The van der Waals surface area contributed by atoms with Crippen LogP contribution in [0.25, 0.3) is 0 Å². The van der Waals surface area contributed by atoms with Crippen LogP contribution in [0, 0.1) is 5.92 Å². The molecule has 4 rings (SSSR count). The molecule has 1 aliphatic rings. The summed E-state index contributed by atoms with van der Waals surface area (Å²) in [5.41, 5.74) is 1.23. The number of hydrogen-bond donors (Lipinski definition) is 1. The Labute approximate surface area is 173 Å². The summed E-state index contributed by atoms with van der Waals surface area (Å²) >= 11 is 3.18. The lowest BCUT2D eigenvalue weighted by molar-refractivity contribution is -0.120. The van der Waals surface area contributed by atoms with E-state index >= 15 is 0 Å². The second-order valence-corrected chi connectivity index (χ2v) is 8.80. The molecule has 0 spiro atoms. The molecule has 0 saturated carbocycles. The van der Waals surface area contributed by atoms with Gasteiger partial charge in [0.1, 0.15) is 5.01 Å². The highest BCUT2D eigenvalue weighted by atomic mass is 32.2. The molecule has 2 aromatic carbocycles. The van der Waals surface area contributed by atoms with Crippen molar-refractivity contribution in [1.82, 2.24) is 10.2 Å². The van der Waals surface area contributed by atoms with Crippen molar-refractivity contribution in [2.75, 3.05) is 23.3 Å². The quantitative estimate of drug-likeness (QED) is 0.598. The molecule has 1 aromatic heterocycles. The maximum atomic E-state index is 12.6. The summed E-state index contributed by atoms with van der Waals surface area (Å²) in [7, 11) is 0. The molecule has 1 aliphatic heterocycles. The van der Waals surface area contributed by atoms with E-state index in [1.165, 1.54) is 21.9 Å².